The molecule has 1 aliphatic rings. The highest BCUT2D eigenvalue weighted by Crippen LogP contribution is 2.08. The summed E-state index contributed by atoms with van der Waals surface area (Å²) in [5.41, 5.74) is 0. The lowest BCUT2D eigenvalue weighted by Gasteiger charge is -2.26. The molecule has 1 saturated heterocycles. The smallest absolute Gasteiger partial charge is 0.246 e. The zero-order valence-electron chi connectivity index (χ0n) is 12.1. The lowest BCUT2D eigenvalue weighted by molar-refractivity contribution is -0.127. The van der Waals surface area contributed by atoms with Crippen LogP contribution >= 0.6 is 0 Å². The van der Waals surface area contributed by atoms with Gasteiger partial charge in [-0.1, -0.05) is 12.5 Å². The molecule has 0 radical (unpaired) electrons. The third-order valence-corrected chi connectivity index (χ3v) is 3.62. The molecule has 0 aliphatic carbocycles. The number of rotatable bonds is 6. The molecular formula is C15H25N3O. The molecule has 0 unspecified atom stereocenters. The Kier molecular flexibility index (Phi) is 7.20. The van der Waals surface area contributed by atoms with Crippen LogP contribution in [0.1, 0.15) is 39.5 Å². The van der Waals surface area contributed by atoms with E-state index in [4.69, 9.17) is 5.26 Å². The van der Waals surface area contributed by atoms with Crippen LogP contribution < -0.4 is 0 Å². The summed E-state index contributed by atoms with van der Waals surface area (Å²) in [6, 6.07) is 2.11. The van der Waals surface area contributed by atoms with Gasteiger partial charge in [0.25, 0.3) is 0 Å². The first kappa shape index (κ1) is 15.7. The number of nitriles is 1. The van der Waals surface area contributed by atoms with E-state index < -0.39 is 0 Å². The number of piperidine rings is 1. The Labute approximate surface area is 116 Å². The van der Waals surface area contributed by atoms with Crippen LogP contribution in [-0.4, -0.2) is 47.9 Å². The van der Waals surface area contributed by atoms with Gasteiger partial charge in [0.15, 0.2) is 0 Å². The van der Waals surface area contributed by atoms with E-state index in [-0.39, 0.29) is 11.9 Å². The van der Waals surface area contributed by atoms with Gasteiger partial charge < -0.3 is 4.90 Å². The van der Waals surface area contributed by atoms with E-state index >= 15 is 0 Å². The van der Waals surface area contributed by atoms with Crippen LogP contribution in [0.25, 0.3) is 0 Å². The predicted octanol–water partition coefficient (Wildman–Crippen LogP) is 2.18. The summed E-state index contributed by atoms with van der Waals surface area (Å²) in [5.74, 6) is 0.0160. The molecule has 0 spiro atoms. The van der Waals surface area contributed by atoms with E-state index in [1.54, 1.807) is 11.0 Å². The average Bonchev–Trinajstić information content (AvgIpc) is 2.41. The molecule has 0 bridgehead atoms. The first-order chi connectivity index (χ1) is 9.19. The van der Waals surface area contributed by atoms with E-state index in [1.165, 1.54) is 19.3 Å². The summed E-state index contributed by atoms with van der Waals surface area (Å²) >= 11 is 0. The molecule has 0 aromatic carbocycles. The Morgan fingerprint density at radius 1 is 1.42 bits per heavy atom. The standard InChI is InChI=1S/C15H25N3O/c1-3-18(14(2)9-10-16)15(19)8-7-13-17-11-5-4-6-12-17/h7-8,14H,3-6,9,11-13H2,1-2H3/b8-7+/t14-/m1/s1. The van der Waals surface area contributed by atoms with Crippen molar-refractivity contribution in [3.8, 4) is 6.07 Å². The van der Waals surface area contributed by atoms with Crippen LogP contribution in [0.5, 0.6) is 0 Å². The molecule has 4 nitrogen and oxygen atoms in total. The molecule has 1 heterocycles. The topological polar surface area (TPSA) is 47.3 Å². The maximum absolute atomic E-state index is 12.0. The predicted molar refractivity (Wildman–Crippen MR) is 76.5 cm³/mol. The number of carbonyl (C=O) groups excluding carboxylic acids is 1. The van der Waals surface area contributed by atoms with E-state index in [0.717, 1.165) is 19.6 Å². The molecule has 19 heavy (non-hydrogen) atoms. The third-order valence-electron chi connectivity index (χ3n) is 3.62. The van der Waals surface area contributed by atoms with Crippen molar-refractivity contribution in [3.63, 3.8) is 0 Å². The van der Waals surface area contributed by atoms with Crippen LogP contribution in [0, 0.1) is 11.3 Å². The van der Waals surface area contributed by atoms with Crippen molar-refractivity contribution >= 4 is 5.91 Å². The number of amides is 1. The summed E-state index contributed by atoms with van der Waals surface area (Å²) in [5, 5.41) is 8.70. The first-order valence-corrected chi connectivity index (χ1v) is 7.25. The zero-order chi connectivity index (χ0) is 14.1. The van der Waals surface area contributed by atoms with Crippen LogP contribution in [0.15, 0.2) is 12.2 Å². The van der Waals surface area contributed by atoms with Crippen LogP contribution in [0.4, 0.5) is 0 Å². The number of hydrogen-bond donors (Lipinski definition) is 0. The minimum absolute atomic E-state index is 0.0119. The summed E-state index contributed by atoms with van der Waals surface area (Å²) in [4.78, 5) is 16.2. The van der Waals surface area contributed by atoms with Crippen molar-refractivity contribution < 1.29 is 4.79 Å². The lowest BCUT2D eigenvalue weighted by Crippen LogP contribution is -2.37. The van der Waals surface area contributed by atoms with Gasteiger partial charge in [0.05, 0.1) is 12.5 Å². The van der Waals surface area contributed by atoms with Crippen molar-refractivity contribution in [1.29, 1.82) is 5.26 Å². The summed E-state index contributed by atoms with van der Waals surface area (Å²) < 4.78 is 0. The van der Waals surface area contributed by atoms with Crippen LogP contribution in [0.3, 0.4) is 0 Å². The Bertz CT molecular complexity index is 340. The van der Waals surface area contributed by atoms with Crippen molar-refractivity contribution in [1.82, 2.24) is 9.80 Å². The van der Waals surface area contributed by atoms with Gasteiger partial charge in [-0.05, 0) is 39.8 Å². The molecule has 0 aromatic heterocycles. The number of likely N-dealkylation sites (N-methyl/N-ethyl adjacent to an activating group) is 1. The van der Waals surface area contributed by atoms with Crippen molar-refractivity contribution in [3.05, 3.63) is 12.2 Å². The largest absolute Gasteiger partial charge is 0.336 e. The van der Waals surface area contributed by atoms with Crippen molar-refractivity contribution in [2.45, 2.75) is 45.6 Å². The second-order valence-corrected chi connectivity index (χ2v) is 5.10. The molecule has 1 amide bonds. The van der Waals surface area contributed by atoms with Crippen LogP contribution in [-0.2, 0) is 4.79 Å². The highest BCUT2D eigenvalue weighted by molar-refractivity contribution is 5.87. The highest BCUT2D eigenvalue weighted by atomic mass is 16.2. The van der Waals surface area contributed by atoms with Gasteiger partial charge in [-0.25, -0.2) is 0 Å². The maximum Gasteiger partial charge on any atom is 0.246 e. The van der Waals surface area contributed by atoms with Gasteiger partial charge in [-0.2, -0.15) is 5.26 Å². The Morgan fingerprint density at radius 3 is 2.68 bits per heavy atom. The molecule has 1 rings (SSSR count). The van der Waals surface area contributed by atoms with E-state index in [9.17, 15) is 4.79 Å². The van der Waals surface area contributed by atoms with Gasteiger partial charge in [0.2, 0.25) is 5.91 Å². The van der Waals surface area contributed by atoms with Gasteiger partial charge in [-0.3, -0.25) is 9.69 Å². The Morgan fingerprint density at radius 2 is 2.11 bits per heavy atom. The van der Waals surface area contributed by atoms with Crippen molar-refractivity contribution in [2.24, 2.45) is 0 Å². The fourth-order valence-corrected chi connectivity index (χ4v) is 2.47. The molecule has 0 saturated carbocycles. The lowest BCUT2D eigenvalue weighted by atomic mass is 10.1. The fourth-order valence-electron chi connectivity index (χ4n) is 2.47. The van der Waals surface area contributed by atoms with Crippen LogP contribution in [0.2, 0.25) is 0 Å². The molecule has 4 heteroatoms. The second-order valence-electron chi connectivity index (χ2n) is 5.10. The average molecular weight is 263 g/mol. The van der Waals surface area contributed by atoms with E-state index in [1.807, 2.05) is 19.9 Å². The highest BCUT2D eigenvalue weighted by Gasteiger charge is 2.15. The molecular weight excluding hydrogens is 238 g/mol. The maximum atomic E-state index is 12.0. The van der Waals surface area contributed by atoms with E-state index in [0.29, 0.717) is 13.0 Å². The molecule has 106 valence electrons. The number of carbonyl (C=O) groups is 1. The third kappa shape index (κ3) is 5.44. The summed E-state index contributed by atoms with van der Waals surface area (Å²) in [6.45, 7) is 7.65. The molecule has 0 aromatic rings. The first-order valence-electron chi connectivity index (χ1n) is 7.25. The number of hydrogen-bond acceptors (Lipinski definition) is 3. The Balaban J connectivity index is 2.40. The van der Waals surface area contributed by atoms with Gasteiger partial charge >= 0.3 is 0 Å². The fraction of sp³-hybridized carbons (Fsp3) is 0.733. The zero-order valence-corrected chi connectivity index (χ0v) is 12.1. The number of likely N-dealkylation sites (tertiary alicyclic amines) is 1. The Hall–Kier alpha value is -1.34. The normalized spacial score (nSPS) is 18.2. The molecule has 1 aliphatic heterocycles. The van der Waals surface area contributed by atoms with Gasteiger partial charge in [-0.15, -0.1) is 0 Å². The quantitative estimate of drug-likeness (QED) is 0.690. The number of nitrogens with zero attached hydrogens (tertiary/aromatic N) is 3. The second kappa shape index (κ2) is 8.71. The summed E-state index contributed by atoms with van der Waals surface area (Å²) in [6.07, 6.45) is 7.86. The minimum atomic E-state index is -0.0119. The van der Waals surface area contributed by atoms with E-state index in [2.05, 4.69) is 11.0 Å². The van der Waals surface area contributed by atoms with Gasteiger partial charge in [0.1, 0.15) is 0 Å². The molecule has 1 fully saturated rings. The monoisotopic (exact) mass is 263 g/mol. The van der Waals surface area contributed by atoms with Gasteiger partial charge in [0, 0.05) is 25.2 Å². The summed E-state index contributed by atoms with van der Waals surface area (Å²) in [7, 11) is 0. The molecule has 1 atom stereocenters. The SMILES string of the molecule is CCN(C(=O)/C=C/CN1CCCCC1)[C@H](C)CC#N. The molecule has 0 N–H and O–H groups in total. The van der Waals surface area contributed by atoms with Crippen molar-refractivity contribution in [2.75, 3.05) is 26.2 Å². The minimum Gasteiger partial charge on any atom is -0.336 e.